The number of nitrogens with zero attached hydrogens (tertiary/aromatic N) is 1. The van der Waals surface area contributed by atoms with Crippen LogP contribution in [0.3, 0.4) is 0 Å². The van der Waals surface area contributed by atoms with Crippen molar-refractivity contribution in [3.63, 3.8) is 0 Å². The molecule has 3 heteroatoms. The number of rotatable bonds is 5. The lowest BCUT2D eigenvalue weighted by atomic mass is 10.1. The fourth-order valence-electron chi connectivity index (χ4n) is 1.70. The summed E-state index contributed by atoms with van der Waals surface area (Å²) >= 11 is 1.65. The van der Waals surface area contributed by atoms with E-state index in [4.69, 9.17) is 4.74 Å². The second kappa shape index (κ2) is 6.26. The molecule has 0 saturated carbocycles. The summed E-state index contributed by atoms with van der Waals surface area (Å²) in [5.74, 6) is 0. The van der Waals surface area contributed by atoms with Crippen molar-refractivity contribution in [3.8, 4) is 11.1 Å². The Hall–Kier alpha value is -1.74. The molecule has 2 nitrogen and oxygen atoms in total. The molecule has 0 N–H and O–H groups in total. The molecular formula is C15H15NOS. The van der Waals surface area contributed by atoms with Crippen LogP contribution in [0.2, 0.25) is 0 Å². The largest absolute Gasteiger partial charge is 0.496 e. The Morgan fingerprint density at radius 2 is 2.00 bits per heavy atom. The van der Waals surface area contributed by atoms with Crippen LogP contribution in [0.25, 0.3) is 11.1 Å². The molecule has 0 fully saturated rings. The van der Waals surface area contributed by atoms with Crippen molar-refractivity contribution in [1.82, 2.24) is 4.98 Å². The van der Waals surface area contributed by atoms with Gasteiger partial charge in [-0.2, -0.15) is 0 Å². The maximum Gasteiger partial charge on any atom is 0.129 e. The van der Waals surface area contributed by atoms with Gasteiger partial charge in [-0.05, 0) is 24.0 Å². The predicted molar refractivity (Wildman–Crippen MR) is 76.4 cm³/mol. The van der Waals surface area contributed by atoms with Gasteiger partial charge in [0.15, 0.2) is 0 Å². The lowest BCUT2D eigenvalue weighted by Crippen LogP contribution is -1.95. The number of pyridine rings is 1. The van der Waals surface area contributed by atoms with Crippen LogP contribution in [0, 0.1) is 0 Å². The van der Waals surface area contributed by atoms with Gasteiger partial charge >= 0.3 is 0 Å². The molecule has 0 unspecified atom stereocenters. The van der Waals surface area contributed by atoms with Gasteiger partial charge in [0.25, 0.3) is 0 Å². The molecule has 92 valence electrons. The fourth-order valence-corrected chi connectivity index (χ4v) is 2.31. The monoisotopic (exact) mass is 257 g/mol. The Kier molecular flexibility index (Phi) is 4.42. The molecule has 0 bridgehead atoms. The van der Waals surface area contributed by atoms with Gasteiger partial charge in [-0.25, -0.2) is 4.98 Å². The maximum atomic E-state index is 5.16. The summed E-state index contributed by atoms with van der Waals surface area (Å²) in [5.41, 5.74) is 3.26. The summed E-state index contributed by atoms with van der Waals surface area (Å²) < 4.78 is 5.16. The molecule has 2 aromatic rings. The summed E-state index contributed by atoms with van der Waals surface area (Å²) in [6, 6.07) is 14.4. The summed E-state index contributed by atoms with van der Waals surface area (Å²) in [5, 5.41) is 1.02. The molecule has 0 amide bonds. The molecule has 0 atom stereocenters. The van der Waals surface area contributed by atoms with Crippen LogP contribution >= 0.6 is 11.8 Å². The molecule has 1 aromatic carbocycles. The van der Waals surface area contributed by atoms with E-state index >= 15 is 0 Å². The smallest absolute Gasteiger partial charge is 0.129 e. The van der Waals surface area contributed by atoms with E-state index < -0.39 is 0 Å². The van der Waals surface area contributed by atoms with Crippen molar-refractivity contribution >= 4 is 11.8 Å². The van der Waals surface area contributed by atoms with Crippen LogP contribution in [0.5, 0.6) is 0 Å². The lowest BCUT2D eigenvalue weighted by Gasteiger charge is -2.09. The molecule has 18 heavy (non-hydrogen) atoms. The molecule has 0 aliphatic heterocycles. The number of thioether (sulfide) groups is 1. The number of benzene rings is 1. The number of hydrogen-bond donors (Lipinski definition) is 0. The first-order valence-electron chi connectivity index (χ1n) is 5.67. The molecule has 1 aromatic heterocycles. The van der Waals surface area contributed by atoms with E-state index in [2.05, 4.69) is 29.8 Å². The second-order valence-electron chi connectivity index (χ2n) is 3.70. The maximum absolute atomic E-state index is 5.16. The third kappa shape index (κ3) is 2.93. The van der Waals surface area contributed by atoms with E-state index in [1.807, 2.05) is 30.5 Å². The zero-order chi connectivity index (χ0) is 12.8. The molecule has 1 heterocycles. The lowest BCUT2D eigenvalue weighted by molar-refractivity contribution is 0.233. The highest BCUT2D eigenvalue weighted by Gasteiger charge is 2.07. The minimum atomic E-state index is 0.464. The normalized spacial score (nSPS) is 10.1. The zero-order valence-electron chi connectivity index (χ0n) is 10.3. The predicted octanol–water partition coefficient (Wildman–Crippen LogP) is 4.13. The second-order valence-corrected chi connectivity index (χ2v) is 4.50. The van der Waals surface area contributed by atoms with Gasteiger partial charge in [0.05, 0.1) is 12.0 Å². The topological polar surface area (TPSA) is 22.1 Å². The quantitative estimate of drug-likeness (QED) is 0.594. The van der Waals surface area contributed by atoms with Crippen LogP contribution in [0.4, 0.5) is 0 Å². The van der Waals surface area contributed by atoms with Crippen molar-refractivity contribution in [1.29, 1.82) is 0 Å². The summed E-state index contributed by atoms with van der Waals surface area (Å²) in [6.45, 7) is 3.99. The van der Waals surface area contributed by atoms with Crippen LogP contribution in [-0.4, -0.2) is 11.2 Å². The highest BCUT2D eigenvalue weighted by atomic mass is 32.2. The van der Waals surface area contributed by atoms with Gasteiger partial charge in [-0.3, -0.25) is 0 Å². The molecule has 0 aliphatic carbocycles. The SMILES string of the molecule is C=COCc1ccc(-c2ccccc2)c(SC)n1. The van der Waals surface area contributed by atoms with E-state index in [1.165, 1.54) is 11.8 Å². The summed E-state index contributed by atoms with van der Waals surface area (Å²) in [4.78, 5) is 4.60. The van der Waals surface area contributed by atoms with Gasteiger partial charge in [0, 0.05) is 5.56 Å². The van der Waals surface area contributed by atoms with E-state index in [1.54, 1.807) is 11.8 Å². The Balaban J connectivity index is 2.34. The Morgan fingerprint density at radius 1 is 1.22 bits per heavy atom. The molecule has 0 saturated heterocycles. The first-order chi connectivity index (χ1) is 8.85. The minimum absolute atomic E-state index is 0.464. The first kappa shape index (κ1) is 12.7. The highest BCUT2D eigenvalue weighted by Crippen LogP contribution is 2.28. The van der Waals surface area contributed by atoms with Crippen molar-refractivity contribution in [2.24, 2.45) is 0 Å². The van der Waals surface area contributed by atoms with Gasteiger partial charge in [0.1, 0.15) is 11.6 Å². The van der Waals surface area contributed by atoms with Gasteiger partial charge in [0.2, 0.25) is 0 Å². The van der Waals surface area contributed by atoms with Crippen LogP contribution in [0.15, 0.2) is 60.3 Å². The molecule has 2 rings (SSSR count). The van der Waals surface area contributed by atoms with Crippen molar-refractivity contribution in [3.05, 3.63) is 61.0 Å². The van der Waals surface area contributed by atoms with Crippen LogP contribution < -0.4 is 0 Å². The minimum Gasteiger partial charge on any atom is -0.496 e. The van der Waals surface area contributed by atoms with E-state index in [-0.39, 0.29) is 0 Å². The van der Waals surface area contributed by atoms with Gasteiger partial charge in [-0.1, -0.05) is 36.9 Å². The number of hydrogen-bond acceptors (Lipinski definition) is 3. The Bertz CT molecular complexity index is 525. The van der Waals surface area contributed by atoms with Gasteiger partial charge < -0.3 is 4.74 Å². The molecule has 0 spiro atoms. The van der Waals surface area contributed by atoms with E-state index in [0.29, 0.717) is 6.61 Å². The molecular weight excluding hydrogens is 242 g/mol. The fraction of sp³-hybridized carbons (Fsp3) is 0.133. The van der Waals surface area contributed by atoms with Crippen molar-refractivity contribution in [2.45, 2.75) is 11.6 Å². The average molecular weight is 257 g/mol. The van der Waals surface area contributed by atoms with Crippen LogP contribution in [0.1, 0.15) is 5.69 Å². The number of ether oxygens (including phenoxy) is 1. The highest BCUT2D eigenvalue weighted by molar-refractivity contribution is 7.98. The summed E-state index contributed by atoms with van der Waals surface area (Å²) in [6.07, 6.45) is 3.47. The Morgan fingerprint density at radius 3 is 2.67 bits per heavy atom. The molecule has 0 aliphatic rings. The number of aromatic nitrogens is 1. The average Bonchev–Trinajstić information content (AvgIpc) is 2.45. The third-order valence-electron chi connectivity index (χ3n) is 2.55. The third-order valence-corrected chi connectivity index (χ3v) is 3.24. The van der Waals surface area contributed by atoms with E-state index in [9.17, 15) is 0 Å². The standard InChI is InChI=1S/C15H15NOS/c1-3-17-11-13-9-10-14(15(16-13)18-2)12-7-5-4-6-8-12/h3-10H,1,11H2,2H3. The summed E-state index contributed by atoms with van der Waals surface area (Å²) in [7, 11) is 0. The van der Waals surface area contributed by atoms with Crippen molar-refractivity contribution < 1.29 is 4.74 Å². The van der Waals surface area contributed by atoms with E-state index in [0.717, 1.165) is 16.3 Å². The van der Waals surface area contributed by atoms with Gasteiger partial charge in [-0.15, -0.1) is 11.8 Å². The van der Waals surface area contributed by atoms with Crippen molar-refractivity contribution in [2.75, 3.05) is 6.26 Å². The Labute approximate surface area is 112 Å². The first-order valence-corrected chi connectivity index (χ1v) is 6.89. The zero-order valence-corrected chi connectivity index (χ0v) is 11.1. The molecule has 0 radical (unpaired) electrons. The van der Waals surface area contributed by atoms with Crippen LogP contribution in [-0.2, 0) is 11.3 Å².